The van der Waals surface area contributed by atoms with E-state index in [1.807, 2.05) is 104 Å². The van der Waals surface area contributed by atoms with Crippen molar-refractivity contribution in [2.45, 2.75) is 33.9 Å². The van der Waals surface area contributed by atoms with Gasteiger partial charge in [-0.3, -0.25) is 24.2 Å². The Hall–Kier alpha value is -7.15. The van der Waals surface area contributed by atoms with Crippen LogP contribution in [-0.4, -0.2) is 54.6 Å². The van der Waals surface area contributed by atoms with Crippen LogP contribution in [0.3, 0.4) is 0 Å². The van der Waals surface area contributed by atoms with Gasteiger partial charge in [0.05, 0.1) is 30.1 Å². The van der Waals surface area contributed by atoms with Crippen molar-refractivity contribution in [2.24, 2.45) is 0 Å². The summed E-state index contributed by atoms with van der Waals surface area (Å²) in [4.78, 5) is 63.4. The second-order valence-corrected chi connectivity index (χ2v) is 15.0. The average Bonchev–Trinajstić information content (AvgIpc) is 3.69. The molecule has 0 aliphatic heterocycles. The number of nitrogens with one attached hydrogen (secondary N) is 2. The minimum atomic E-state index is -0.768. The molecule has 2 amide bonds. The Morgan fingerprint density at radius 2 is 1.20 bits per heavy atom. The summed E-state index contributed by atoms with van der Waals surface area (Å²) in [7, 11) is 1.56. The zero-order valence-electron chi connectivity index (χ0n) is 33.6. The van der Waals surface area contributed by atoms with Crippen molar-refractivity contribution in [3.05, 3.63) is 177 Å². The normalized spacial score (nSPS) is 10.9. The molecule has 0 saturated heterocycles. The van der Waals surface area contributed by atoms with Crippen LogP contribution < -0.4 is 15.4 Å². The van der Waals surface area contributed by atoms with E-state index in [0.717, 1.165) is 38.8 Å². The summed E-state index contributed by atoms with van der Waals surface area (Å²) in [5.41, 5.74) is 7.49. The van der Waals surface area contributed by atoms with Gasteiger partial charge in [-0.1, -0.05) is 59.1 Å². The van der Waals surface area contributed by atoms with Crippen molar-refractivity contribution in [3.8, 4) is 5.75 Å². The average molecular weight is 853 g/mol. The number of rotatable bonds is 11. The van der Waals surface area contributed by atoms with E-state index in [2.05, 4.69) is 30.2 Å². The van der Waals surface area contributed by atoms with Crippen LogP contribution in [0.15, 0.2) is 128 Å². The van der Waals surface area contributed by atoms with Gasteiger partial charge >= 0.3 is 0 Å². The highest BCUT2D eigenvalue weighted by molar-refractivity contribution is 6.49. The molecule has 0 aliphatic rings. The number of aryl methyl sites for hydroxylation is 1. The second kappa shape index (κ2) is 18.4. The first kappa shape index (κ1) is 42.0. The molecule has 8 aromatic rings. The minimum Gasteiger partial charge on any atom is -0.497 e. The molecule has 61 heavy (non-hydrogen) atoms. The number of nitrogens with zero attached hydrogens (tertiary/aromatic N) is 5. The van der Waals surface area contributed by atoms with Crippen LogP contribution in [0.4, 0.5) is 11.5 Å². The van der Waals surface area contributed by atoms with E-state index < -0.39 is 23.4 Å². The zero-order chi connectivity index (χ0) is 43.2. The fraction of sp³-hybridized carbons (Fsp3) is 0.128. The Morgan fingerprint density at radius 3 is 1.72 bits per heavy atom. The summed E-state index contributed by atoms with van der Waals surface area (Å²) < 4.78 is 9.40. The molecule has 306 valence electrons. The molecule has 14 heteroatoms. The third-order valence-corrected chi connectivity index (χ3v) is 10.6. The number of methoxy groups -OCH3 is 1. The monoisotopic (exact) mass is 851 g/mol. The summed E-state index contributed by atoms with van der Waals surface area (Å²) >= 11 is 12.0. The van der Waals surface area contributed by atoms with Crippen LogP contribution in [0.5, 0.6) is 5.75 Å². The number of carbonyl (C=O) groups is 4. The number of hydrogen-bond donors (Lipinski definition) is 2. The summed E-state index contributed by atoms with van der Waals surface area (Å²) in [6, 6.07) is 31.4. The van der Waals surface area contributed by atoms with E-state index >= 15 is 0 Å². The molecule has 0 unspecified atom stereocenters. The maximum absolute atomic E-state index is 13.2. The topological polar surface area (TPSA) is 150 Å². The van der Waals surface area contributed by atoms with Gasteiger partial charge in [0.25, 0.3) is 23.4 Å². The summed E-state index contributed by atoms with van der Waals surface area (Å²) in [5.74, 6) is -1.81. The maximum atomic E-state index is 13.2. The van der Waals surface area contributed by atoms with Gasteiger partial charge in [-0.15, -0.1) is 0 Å². The van der Waals surface area contributed by atoms with Gasteiger partial charge in [-0.2, -0.15) is 0 Å². The Labute approximate surface area is 361 Å². The number of fused-ring (bicyclic) bond motifs is 2. The van der Waals surface area contributed by atoms with E-state index in [1.165, 1.54) is 24.8 Å². The molecular formula is C47H39Cl2N7O5. The van der Waals surface area contributed by atoms with E-state index in [1.54, 1.807) is 31.5 Å². The van der Waals surface area contributed by atoms with Crippen LogP contribution in [0.1, 0.15) is 48.8 Å². The number of anilines is 2. The lowest BCUT2D eigenvalue weighted by Gasteiger charge is -2.09. The number of ketones is 2. The van der Waals surface area contributed by atoms with Crippen molar-refractivity contribution in [2.75, 3.05) is 17.7 Å². The molecular weight excluding hydrogens is 813 g/mol. The van der Waals surface area contributed by atoms with E-state index in [9.17, 15) is 19.2 Å². The highest BCUT2D eigenvalue weighted by Crippen LogP contribution is 2.32. The lowest BCUT2D eigenvalue weighted by atomic mass is 10.0. The number of halogens is 2. The first-order valence-electron chi connectivity index (χ1n) is 19.0. The van der Waals surface area contributed by atoms with Gasteiger partial charge in [-0.25, -0.2) is 9.97 Å². The number of Topliss-reactive ketones (excluding diaryl/α,β-unsaturated/α-hetero) is 2. The molecule has 4 aromatic carbocycles. The van der Waals surface area contributed by atoms with Crippen LogP contribution in [0.2, 0.25) is 10.0 Å². The van der Waals surface area contributed by atoms with Gasteiger partial charge in [0.15, 0.2) is 0 Å². The Bertz CT molecular complexity index is 2910. The highest BCUT2D eigenvalue weighted by Gasteiger charge is 2.27. The zero-order valence-corrected chi connectivity index (χ0v) is 35.1. The molecule has 0 fully saturated rings. The number of amides is 2. The van der Waals surface area contributed by atoms with Crippen molar-refractivity contribution in [3.63, 3.8) is 0 Å². The summed E-state index contributed by atoms with van der Waals surface area (Å²) in [5, 5.41) is 7.91. The maximum Gasteiger partial charge on any atom is 0.298 e. The van der Waals surface area contributed by atoms with Crippen molar-refractivity contribution < 1.29 is 23.9 Å². The molecule has 4 heterocycles. The first-order valence-corrected chi connectivity index (χ1v) is 19.8. The van der Waals surface area contributed by atoms with Gasteiger partial charge in [0, 0.05) is 68.7 Å². The second-order valence-electron chi connectivity index (χ2n) is 14.2. The predicted octanol–water partition coefficient (Wildman–Crippen LogP) is 9.45. The van der Waals surface area contributed by atoms with E-state index in [0.29, 0.717) is 56.8 Å². The summed E-state index contributed by atoms with van der Waals surface area (Å²) in [6.45, 7) is 6.76. The lowest BCUT2D eigenvalue weighted by molar-refractivity contribution is -0.113. The van der Waals surface area contributed by atoms with Gasteiger partial charge < -0.3 is 24.5 Å². The molecule has 0 radical (unpaired) electrons. The number of aromatic nitrogens is 5. The third-order valence-electron chi connectivity index (χ3n) is 10.1. The summed E-state index contributed by atoms with van der Waals surface area (Å²) in [6.07, 6.45) is 5.90. The molecule has 0 atom stereocenters. The van der Waals surface area contributed by atoms with Crippen LogP contribution >= 0.6 is 23.2 Å². The first-order chi connectivity index (χ1) is 29.4. The van der Waals surface area contributed by atoms with Crippen molar-refractivity contribution in [1.82, 2.24) is 24.1 Å². The van der Waals surface area contributed by atoms with Crippen LogP contribution in [0.25, 0.3) is 21.8 Å². The molecule has 12 nitrogen and oxygen atoms in total. The fourth-order valence-electron chi connectivity index (χ4n) is 7.10. The van der Waals surface area contributed by atoms with Crippen molar-refractivity contribution >= 4 is 79.9 Å². The predicted molar refractivity (Wildman–Crippen MR) is 238 cm³/mol. The minimum absolute atomic E-state index is 0.258. The van der Waals surface area contributed by atoms with Gasteiger partial charge in [0.1, 0.15) is 17.9 Å². The van der Waals surface area contributed by atoms with Crippen LogP contribution in [0, 0.1) is 20.8 Å². The molecule has 0 saturated carbocycles. The third kappa shape index (κ3) is 9.36. The molecule has 2 N–H and O–H groups in total. The molecule has 0 bridgehead atoms. The number of benzene rings is 4. The Balaban J connectivity index is 0.000000184. The van der Waals surface area contributed by atoms with Crippen LogP contribution in [-0.2, 0) is 22.7 Å². The smallest absolute Gasteiger partial charge is 0.298 e. The molecule has 8 rings (SSSR count). The fourth-order valence-corrected chi connectivity index (χ4v) is 7.35. The van der Waals surface area contributed by atoms with Gasteiger partial charge in [-0.05, 0) is 105 Å². The highest BCUT2D eigenvalue weighted by atomic mass is 35.5. The SMILES string of the molecule is COc1ccc2c(c1)c(C(=O)C(=O)Nc1ccncn1)c(C)n2Cc1ccc(Cl)cc1.Cc1ccc2c(c1)c(C(=O)C(=O)Nc1cccnc1)c(C)n2Cc1ccc(Cl)cc1. The molecule has 4 aromatic heterocycles. The van der Waals surface area contributed by atoms with Gasteiger partial charge in [0.2, 0.25) is 0 Å². The number of hydrogen-bond acceptors (Lipinski definition) is 8. The molecule has 0 spiro atoms. The number of ether oxygens (including phenoxy) is 1. The van der Waals surface area contributed by atoms with E-state index in [4.69, 9.17) is 27.9 Å². The lowest BCUT2D eigenvalue weighted by Crippen LogP contribution is -2.24. The Morgan fingerprint density at radius 1 is 0.639 bits per heavy atom. The quantitative estimate of drug-likeness (QED) is 0.0966. The van der Waals surface area contributed by atoms with Crippen molar-refractivity contribution in [1.29, 1.82) is 0 Å². The number of carbonyl (C=O) groups excluding carboxylic acids is 4. The largest absolute Gasteiger partial charge is 0.497 e. The number of pyridine rings is 1. The molecule has 0 aliphatic carbocycles. The Kier molecular flexibility index (Phi) is 12.7. The van der Waals surface area contributed by atoms with E-state index in [-0.39, 0.29) is 5.82 Å². The standard InChI is InChI=1S/C24H20ClN3O2.C23H19ClN4O3/c1-15-5-10-21-20(12-15)22(23(29)24(30)27-19-4-3-11-26-13-19)16(2)28(21)14-17-6-8-18(25)9-7-17;1-14-21(22(29)23(30)27-20-9-10-25-13-26-20)18-11-17(31-2)7-8-19(18)28(14)12-15-3-5-16(24)6-4-15/h3-13H,14H2,1-2H3,(H,27,30);3-11,13H,12H2,1-2H3,(H,25,26,27,30).